The number of H-pyrrole nitrogens is 1. The minimum atomic E-state index is -0.118. The average Bonchev–Trinajstić information content (AvgIpc) is 2.64. The van der Waals surface area contributed by atoms with Crippen molar-refractivity contribution in [3.05, 3.63) is 30.1 Å². The van der Waals surface area contributed by atoms with Gasteiger partial charge in [0.05, 0.1) is 17.4 Å². The summed E-state index contributed by atoms with van der Waals surface area (Å²) in [7, 11) is 1.74. The van der Waals surface area contributed by atoms with Gasteiger partial charge in [-0.1, -0.05) is 6.07 Å². The maximum absolute atomic E-state index is 11.0. The lowest BCUT2D eigenvalue weighted by Gasteiger charge is -2.13. The van der Waals surface area contributed by atoms with Gasteiger partial charge in [0, 0.05) is 29.5 Å². The van der Waals surface area contributed by atoms with Crippen molar-refractivity contribution in [3.8, 4) is 0 Å². The fourth-order valence-corrected chi connectivity index (χ4v) is 1.54. The zero-order chi connectivity index (χ0) is 10.8. The fourth-order valence-electron chi connectivity index (χ4n) is 1.42. The molecule has 0 aliphatic carbocycles. The Balaban J connectivity index is 2.24. The molecule has 15 heavy (non-hydrogen) atoms. The normalized spacial score (nSPS) is 10.5. The molecule has 0 spiro atoms. The monoisotopic (exact) mass is 267 g/mol. The highest BCUT2D eigenvalue weighted by Crippen LogP contribution is 2.13. The molecule has 0 saturated carbocycles. The van der Waals surface area contributed by atoms with E-state index < -0.39 is 0 Å². The molecule has 5 heteroatoms. The number of imidazole rings is 1. The van der Waals surface area contributed by atoms with Crippen molar-refractivity contribution in [2.24, 2.45) is 0 Å². The fraction of sp³-hybridized carbons (Fsp3) is 0.200. The zero-order valence-corrected chi connectivity index (χ0v) is 9.78. The summed E-state index contributed by atoms with van der Waals surface area (Å²) < 4.78 is 0. The Hall–Kier alpha value is -1.36. The molecule has 2 rings (SSSR count). The van der Waals surface area contributed by atoms with Crippen LogP contribution in [0, 0.1) is 0 Å². The Morgan fingerprint density at radius 2 is 2.40 bits per heavy atom. The van der Waals surface area contributed by atoms with Gasteiger partial charge in [0.1, 0.15) is 0 Å². The summed E-state index contributed by atoms with van der Waals surface area (Å²) >= 11 is 2.91. The van der Waals surface area contributed by atoms with Crippen LogP contribution >= 0.6 is 15.9 Å². The Kier molecular flexibility index (Phi) is 2.73. The summed E-state index contributed by atoms with van der Waals surface area (Å²) in [5.74, 6) is 0. The lowest BCUT2D eigenvalue weighted by atomic mass is 10.2. The maximum atomic E-state index is 11.0. The van der Waals surface area contributed by atoms with Crippen molar-refractivity contribution in [2.75, 3.05) is 7.05 Å². The van der Waals surface area contributed by atoms with E-state index in [0.717, 1.165) is 16.6 Å². The largest absolute Gasteiger partial charge is 0.345 e. The van der Waals surface area contributed by atoms with Crippen LogP contribution in [0.2, 0.25) is 0 Å². The van der Waals surface area contributed by atoms with Gasteiger partial charge in [-0.15, -0.1) is 0 Å². The molecule has 0 aliphatic heterocycles. The second-order valence-electron chi connectivity index (χ2n) is 3.36. The van der Waals surface area contributed by atoms with Crippen LogP contribution in [0.3, 0.4) is 0 Å². The van der Waals surface area contributed by atoms with Crippen molar-refractivity contribution >= 4 is 31.8 Å². The minimum absolute atomic E-state index is 0.118. The molecule has 1 N–H and O–H groups in total. The number of halogens is 1. The maximum Gasteiger partial charge on any atom is 0.289 e. The molecule has 0 bridgehead atoms. The number of carbonyl (C=O) groups excluding carboxylic acids is 1. The Morgan fingerprint density at radius 3 is 3.13 bits per heavy atom. The van der Waals surface area contributed by atoms with Gasteiger partial charge in [-0.25, -0.2) is 4.98 Å². The lowest BCUT2D eigenvalue weighted by Crippen LogP contribution is -2.19. The van der Waals surface area contributed by atoms with Crippen LogP contribution in [0.1, 0.15) is 5.56 Å². The number of aromatic amines is 1. The molecule has 0 atom stereocenters. The second-order valence-corrected chi connectivity index (χ2v) is 4.04. The first-order valence-electron chi connectivity index (χ1n) is 4.49. The number of benzene rings is 1. The van der Waals surface area contributed by atoms with Crippen LogP contribution in [0.15, 0.2) is 24.5 Å². The van der Waals surface area contributed by atoms with Crippen LogP contribution in [0.4, 0.5) is 4.79 Å². The number of amides is 1. The van der Waals surface area contributed by atoms with Gasteiger partial charge in [0.15, 0.2) is 0 Å². The van der Waals surface area contributed by atoms with Gasteiger partial charge in [0.25, 0.3) is 4.82 Å². The molecule has 1 amide bonds. The summed E-state index contributed by atoms with van der Waals surface area (Å²) in [4.78, 5) is 19.6. The predicted octanol–water partition coefficient (Wildman–Crippen LogP) is 2.51. The average molecular weight is 268 g/mol. The van der Waals surface area contributed by atoms with E-state index in [-0.39, 0.29) is 4.82 Å². The molecular formula is C10H10BrN3O. The Morgan fingerprint density at radius 1 is 1.60 bits per heavy atom. The molecule has 0 saturated heterocycles. The standard InChI is InChI=1S/C10H10BrN3O/c1-14(10(11)15)5-7-2-3-8-9(4-7)13-6-12-8/h2-4,6H,5H2,1H3,(H,12,13). The number of rotatable bonds is 2. The number of hydrogen-bond acceptors (Lipinski definition) is 2. The summed E-state index contributed by atoms with van der Waals surface area (Å²) in [6.45, 7) is 0.582. The number of fused-ring (bicyclic) bond motifs is 1. The van der Waals surface area contributed by atoms with E-state index in [1.54, 1.807) is 18.3 Å². The molecule has 1 heterocycles. The second kappa shape index (κ2) is 4.02. The van der Waals surface area contributed by atoms with Crippen LogP contribution < -0.4 is 0 Å². The van der Waals surface area contributed by atoms with Gasteiger partial charge in [0.2, 0.25) is 0 Å². The summed E-state index contributed by atoms with van der Waals surface area (Å²) in [5.41, 5.74) is 3.00. The Labute approximate surface area is 95.4 Å². The molecule has 2 aromatic rings. The van der Waals surface area contributed by atoms with E-state index in [4.69, 9.17) is 0 Å². The van der Waals surface area contributed by atoms with Crippen LogP contribution in [-0.2, 0) is 6.54 Å². The van der Waals surface area contributed by atoms with E-state index >= 15 is 0 Å². The molecule has 0 aliphatic rings. The number of carbonyl (C=O) groups is 1. The number of nitrogens with one attached hydrogen (secondary N) is 1. The first-order chi connectivity index (χ1) is 7.16. The van der Waals surface area contributed by atoms with E-state index in [0.29, 0.717) is 6.54 Å². The molecule has 78 valence electrons. The summed E-state index contributed by atoms with van der Waals surface area (Å²) in [5, 5.41) is 0. The van der Waals surface area contributed by atoms with Crippen molar-refractivity contribution < 1.29 is 4.79 Å². The number of hydrogen-bond donors (Lipinski definition) is 1. The van der Waals surface area contributed by atoms with Gasteiger partial charge in [-0.3, -0.25) is 4.79 Å². The van der Waals surface area contributed by atoms with Crippen molar-refractivity contribution in [3.63, 3.8) is 0 Å². The molecule has 0 unspecified atom stereocenters. The van der Waals surface area contributed by atoms with Crippen molar-refractivity contribution in [2.45, 2.75) is 6.54 Å². The number of aromatic nitrogens is 2. The summed E-state index contributed by atoms with van der Waals surface area (Å²) in [6.07, 6.45) is 1.66. The third-order valence-electron chi connectivity index (χ3n) is 2.20. The molecule has 0 fully saturated rings. The lowest BCUT2D eigenvalue weighted by molar-refractivity contribution is 0.233. The summed E-state index contributed by atoms with van der Waals surface area (Å²) in [6, 6.07) is 5.90. The molecular weight excluding hydrogens is 258 g/mol. The smallest absolute Gasteiger partial charge is 0.289 e. The molecule has 0 radical (unpaired) electrons. The van der Waals surface area contributed by atoms with E-state index in [1.807, 2.05) is 18.2 Å². The minimum Gasteiger partial charge on any atom is -0.345 e. The van der Waals surface area contributed by atoms with Crippen molar-refractivity contribution in [1.29, 1.82) is 0 Å². The highest BCUT2D eigenvalue weighted by Gasteiger charge is 2.05. The third-order valence-corrected chi connectivity index (χ3v) is 2.81. The van der Waals surface area contributed by atoms with Gasteiger partial charge >= 0.3 is 0 Å². The molecule has 4 nitrogen and oxygen atoms in total. The van der Waals surface area contributed by atoms with Gasteiger partial charge in [-0.05, 0) is 17.7 Å². The highest BCUT2D eigenvalue weighted by molar-refractivity contribution is 9.18. The third kappa shape index (κ3) is 2.18. The van der Waals surface area contributed by atoms with E-state index in [1.165, 1.54) is 0 Å². The topological polar surface area (TPSA) is 49.0 Å². The van der Waals surface area contributed by atoms with E-state index in [9.17, 15) is 4.79 Å². The van der Waals surface area contributed by atoms with Crippen LogP contribution in [-0.4, -0.2) is 26.7 Å². The van der Waals surface area contributed by atoms with Gasteiger partial charge < -0.3 is 9.88 Å². The highest BCUT2D eigenvalue weighted by atomic mass is 79.9. The number of nitrogens with zero attached hydrogens (tertiary/aromatic N) is 2. The first kappa shape index (κ1) is 10.2. The molecule has 1 aromatic carbocycles. The van der Waals surface area contributed by atoms with E-state index in [2.05, 4.69) is 25.9 Å². The van der Waals surface area contributed by atoms with Gasteiger partial charge in [-0.2, -0.15) is 0 Å². The van der Waals surface area contributed by atoms with Crippen LogP contribution in [0.25, 0.3) is 11.0 Å². The van der Waals surface area contributed by atoms with Crippen molar-refractivity contribution in [1.82, 2.24) is 14.9 Å². The quantitative estimate of drug-likeness (QED) is 0.672. The van der Waals surface area contributed by atoms with Crippen LogP contribution in [0.5, 0.6) is 0 Å². The molecule has 1 aromatic heterocycles. The SMILES string of the molecule is CN(Cc1ccc2nc[nH]c2c1)C(=O)Br. The predicted molar refractivity (Wildman–Crippen MR) is 61.9 cm³/mol. The first-order valence-corrected chi connectivity index (χ1v) is 5.29. The Bertz CT molecular complexity index is 494. The zero-order valence-electron chi connectivity index (χ0n) is 8.20.